The Morgan fingerprint density at radius 1 is 0.783 bits per heavy atom. The second-order valence-electron chi connectivity index (χ2n) is 6.00. The highest BCUT2D eigenvalue weighted by Gasteiger charge is 2.21. The van der Waals surface area contributed by atoms with Crippen molar-refractivity contribution < 1.29 is 10.2 Å². The fourth-order valence-corrected chi connectivity index (χ4v) is 3.12. The van der Waals surface area contributed by atoms with Crippen LogP contribution < -0.4 is 0 Å². The summed E-state index contributed by atoms with van der Waals surface area (Å²) in [6, 6.07) is 8.00. The van der Waals surface area contributed by atoms with Crippen LogP contribution in [0.3, 0.4) is 0 Å². The number of hydrogen-bond donors (Lipinski definition) is 2. The Hall–Kier alpha value is -2.22. The summed E-state index contributed by atoms with van der Waals surface area (Å²) in [5, 5.41) is 20.9. The third-order valence-electron chi connectivity index (χ3n) is 4.11. The van der Waals surface area contributed by atoms with E-state index in [1.165, 1.54) is 0 Å². The molecule has 0 aromatic heterocycles. The van der Waals surface area contributed by atoms with Crippen LogP contribution in [0.15, 0.2) is 37.4 Å². The molecular weight excluding hydrogens is 284 g/mol. The smallest absolute Gasteiger partial charge is 0.122 e. The molecule has 2 heteroatoms. The first-order valence-corrected chi connectivity index (χ1v) is 7.95. The van der Waals surface area contributed by atoms with Crippen LogP contribution in [0.2, 0.25) is 0 Å². The van der Waals surface area contributed by atoms with Crippen LogP contribution in [-0.2, 0) is 0 Å². The van der Waals surface area contributed by atoms with Gasteiger partial charge in [0.15, 0.2) is 0 Å². The lowest BCUT2D eigenvalue weighted by atomic mass is 9.84. The van der Waals surface area contributed by atoms with Gasteiger partial charge in [0.1, 0.15) is 11.5 Å². The first kappa shape index (κ1) is 18.8. The Morgan fingerprint density at radius 2 is 1.13 bits per heavy atom. The maximum absolute atomic E-state index is 10.4. The number of aryl methyl sites for hydroxylation is 4. The molecule has 0 bridgehead atoms. The molecule has 23 heavy (non-hydrogen) atoms. The van der Waals surface area contributed by atoms with Crippen molar-refractivity contribution in [2.45, 2.75) is 47.0 Å². The lowest BCUT2D eigenvalue weighted by molar-refractivity contribution is 0.448. The summed E-state index contributed by atoms with van der Waals surface area (Å²) < 4.78 is 0. The van der Waals surface area contributed by atoms with Gasteiger partial charge in [-0.2, -0.15) is 0 Å². The fraction of sp³-hybridized carbons (Fsp3) is 0.333. The number of phenols is 2. The maximum atomic E-state index is 10.4. The highest BCUT2D eigenvalue weighted by Crippen LogP contribution is 2.41. The molecule has 2 nitrogen and oxygen atoms in total. The highest BCUT2D eigenvalue weighted by molar-refractivity contribution is 5.53. The van der Waals surface area contributed by atoms with Crippen LogP contribution in [-0.4, -0.2) is 10.2 Å². The lowest BCUT2D eigenvalue weighted by Crippen LogP contribution is -2.03. The van der Waals surface area contributed by atoms with Crippen molar-refractivity contribution in [3.63, 3.8) is 0 Å². The molecule has 0 aliphatic rings. The zero-order chi connectivity index (χ0) is 17.7. The van der Waals surface area contributed by atoms with Crippen molar-refractivity contribution >= 4 is 0 Å². The number of rotatable bonds is 3. The van der Waals surface area contributed by atoms with Gasteiger partial charge >= 0.3 is 0 Å². The van der Waals surface area contributed by atoms with Gasteiger partial charge in [-0.1, -0.05) is 42.3 Å². The fourth-order valence-electron chi connectivity index (χ4n) is 3.12. The second kappa shape index (κ2) is 7.87. The summed E-state index contributed by atoms with van der Waals surface area (Å²) in [6.07, 6.45) is 0.826. The SMILES string of the molecule is C=C.CCC(c1cc(C)cc(C)c1O)c1cc(C)cc(C)c1O. The minimum atomic E-state index is 0.00204. The van der Waals surface area contributed by atoms with E-state index in [0.717, 1.165) is 39.8 Å². The van der Waals surface area contributed by atoms with Gasteiger partial charge in [-0.3, -0.25) is 0 Å². The Bertz CT molecular complexity index is 629. The lowest BCUT2D eigenvalue weighted by Gasteiger charge is -2.21. The van der Waals surface area contributed by atoms with Gasteiger partial charge in [-0.25, -0.2) is 0 Å². The van der Waals surface area contributed by atoms with E-state index in [0.29, 0.717) is 11.5 Å². The van der Waals surface area contributed by atoms with E-state index in [2.05, 4.69) is 20.1 Å². The van der Waals surface area contributed by atoms with Crippen molar-refractivity contribution in [3.05, 3.63) is 70.8 Å². The van der Waals surface area contributed by atoms with Gasteiger partial charge < -0.3 is 10.2 Å². The van der Waals surface area contributed by atoms with E-state index in [-0.39, 0.29) is 5.92 Å². The number of phenolic OH excluding ortho intramolecular Hbond substituents is 2. The normalized spacial score (nSPS) is 10.3. The topological polar surface area (TPSA) is 40.5 Å². The first-order valence-electron chi connectivity index (χ1n) is 7.95. The minimum absolute atomic E-state index is 0.00204. The number of benzene rings is 2. The predicted octanol–water partition coefficient (Wildman–Crippen LogP) is 5.68. The maximum Gasteiger partial charge on any atom is 0.122 e. The largest absolute Gasteiger partial charge is 0.507 e. The summed E-state index contributed by atoms with van der Waals surface area (Å²) >= 11 is 0. The molecule has 124 valence electrons. The van der Waals surface area contributed by atoms with E-state index in [4.69, 9.17) is 0 Å². The van der Waals surface area contributed by atoms with Crippen molar-refractivity contribution in [1.29, 1.82) is 0 Å². The molecule has 2 aromatic carbocycles. The molecule has 2 aromatic rings. The zero-order valence-electron chi connectivity index (χ0n) is 14.9. The molecule has 2 rings (SSSR count). The molecule has 0 fully saturated rings. The number of hydrogen-bond acceptors (Lipinski definition) is 2. The van der Waals surface area contributed by atoms with Gasteiger partial charge in [0, 0.05) is 17.0 Å². The molecule has 0 aliphatic carbocycles. The molecule has 0 saturated heterocycles. The molecule has 2 N–H and O–H groups in total. The molecular formula is C21H28O2. The minimum Gasteiger partial charge on any atom is -0.507 e. The van der Waals surface area contributed by atoms with Crippen LogP contribution in [0.25, 0.3) is 0 Å². The summed E-state index contributed by atoms with van der Waals surface area (Å²) in [5.74, 6) is 0.680. The van der Waals surface area contributed by atoms with Gasteiger partial charge in [-0.05, 0) is 45.2 Å². The van der Waals surface area contributed by atoms with Crippen LogP contribution in [0, 0.1) is 27.7 Å². The summed E-state index contributed by atoms with van der Waals surface area (Å²) in [5.41, 5.74) is 5.82. The highest BCUT2D eigenvalue weighted by atomic mass is 16.3. The molecule has 0 atom stereocenters. The van der Waals surface area contributed by atoms with E-state index in [1.807, 2.05) is 52.0 Å². The van der Waals surface area contributed by atoms with Crippen LogP contribution in [0.4, 0.5) is 0 Å². The standard InChI is InChI=1S/C19H24O2.C2H4/c1-6-15(16-9-11(2)7-13(4)18(16)20)17-10-12(3)8-14(5)19(17)21;1-2/h7-10,15,20-21H,6H2,1-5H3;1-2H2. The van der Waals surface area contributed by atoms with Crippen LogP contribution in [0.5, 0.6) is 11.5 Å². The Balaban J connectivity index is 0.00000127. The molecule has 0 radical (unpaired) electrons. The third kappa shape index (κ3) is 3.95. The predicted molar refractivity (Wildman–Crippen MR) is 98.5 cm³/mol. The molecule has 0 aliphatic heterocycles. The quantitative estimate of drug-likeness (QED) is 0.716. The second-order valence-corrected chi connectivity index (χ2v) is 6.00. The summed E-state index contributed by atoms with van der Waals surface area (Å²) in [6.45, 7) is 16.0. The van der Waals surface area contributed by atoms with Gasteiger partial charge in [-0.15, -0.1) is 13.2 Å². The van der Waals surface area contributed by atoms with Gasteiger partial charge in [0.25, 0.3) is 0 Å². The number of aromatic hydroxyl groups is 2. The molecule has 0 amide bonds. The summed E-state index contributed by atoms with van der Waals surface area (Å²) in [7, 11) is 0. The first-order chi connectivity index (χ1) is 10.8. The average molecular weight is 312 g/mol. The molecule has 0 unspecified atom stereocenters. The van der Waals surface area contributed by atoms with Gasteiger partial charge in [0.2, 0.25) is 0 Å². The molecule has 0 saturated carbocycles. The van der Waals surface area contributed by atoms with Crippen LogP contribution >= 0.6 is 0 Å². The van der Waals surface area contributed by atoms with Crippen molar-refractivity contribution in [1.82, 2.24) is 0 Å². The van der Waals surface area contributed by atoms with E-state index in [9.17, 15) is 10.2 Å². The van der Waals surface area contributed by atoms with Crippen molar-refractivity contribution in [3.8, 4) is 11.5 Å². The van der Waals surface area contributed by atoms with E-state index < -0.39 is 0 Å². The molecule has 0 heterocycles. The third-order valence-corrected chi connectivity index (χ3v) is 4.11. The average Bonchev–Trinajstić information content (AvgIpc) is 2.51. The zero-order valence-corrected chi connectivity index (χ0v) is 14.9. The van der Waals surface area contributed by atoms with Gasteiger partial charge in [0.05, 0.1) is 0 Å². The molecule has 0 spiro atoms. The Labute approximate surface area is 140 Å². The van der Waals surface area contributed by atoms with Crippen LogP contribution in [0.1, 0.15) is 52.6 Å². The van der Waals surface area contributed by atoms with E-state index in [1.54, 1.807) is 0 Å². The Morgan fingerprint density at radius 3 is 1.43 bits per heavy atom. The van der Waals surface area contributed by atoms with E-state index >= 15 is 0 Å². The van der Waals surface area contributed by atoms with Crippen molar-refractivity contribution in [2.24, 2.45) is 0 Å². The van der Waals surface area contributed by atoms with Crippen molar-refractivity contribution in [2.75, 3.05) is 0 Å². The summed E-state index contributed by atoms with van der Waals surface area (Å²) in [4.78, 5) is 0. The Kier molecular flexibility index (Phi) is 6.44. The monoisotopic (exact) mass is 312 g/mol.